The summed E-state index contributed by atoms with van der Waals surface area (Å²) < 4.78 is 105. The monoisotopic (exact) mass is 651 g/mol. The van der Waals surface area contributed by atoms with Gasteiger partial charge in [0.25, 0.3) is 0 Å². The summed E-state index contributed by atoms with van der Waals surface area (Å²) in [5.41, 5.74) is 4.15. The number of carbonyl (C=O) groups is 1. The van der Waals surface area contributed by atoms with Crippen LogP contribution in [0.1, 0.15) is 77.7 Å². The molecule has 4 aromatic rings. The van der Waals surface area contributed by atoms with Gasteiger partial charge in [-0.3, -0.25) is 4.79 Å². The number of benzene rings is 4. The molecular formula is C35H27F4O6S-. The van der Waals surface area contributed by atoms with E-state index in [9.17, 15) is 26.5 Å². The number of hydrogen-bond acceptors (Lipinski definition) is 6. The Labute approximate surface area is 262 Å². The Balaban J connectivity index is 1.39. The van der Waals surface area contributed by atoms with E-state index in [4.69, 9.17) is 9.47 Å². The van der Waals surface area contributed by atoms with Crippen LogP contribution in [0.15, 0.2) is 77.7 Å². The van der Waals surface area contributed by atoms with Gasteiger partial charge in [-0.2, -0.15) is 8.78 Å². The van der Waals surface area contributed by atoms with Crippen LogP contribution in [0.25, 0.3) is 0 Å². The van der Waals surface area contributed by atoms with E-state index in [1.165, 1.54) is 0 Å². The van der Waals surface area contributed by atoms with Crippen molar-refractivity contribution >= 4 is 16.1 Å². The van der Waals surface area contributed by atoms with Gasteiger partial charge in [0.15, 0.2) is 11.6 Å². The minimum absolute atomic E-state index is 0.0365. The number of fused-ring (bicyclic) bond motifs is 1. The van der Waals surface area contributed by atoms with Crippen molar-refractivity contribution in [2.45, 2.75) is 60.9 Å². The average molecular weight is 652 g/mol. The minimum Gasteiger partial charge on any atom is -0.744 e. The molecule has 4 aliphatic rings. The van der Waals surface area contributed by atoms with E-state index in [-0.39, 0.29) is 6.10 Å². The Morgan fingerprint density at radius 2 is 1.15 bits per heavy atom. The van der Waals surface area contributed by atoms with Gasteiger partial charge in [-0.05, 0) is 59.6 Å². The third-order valence-corrected chi connectivity index (χ3v) is 10.3. The molecule has 0 radical (unpaired) electrons. The summed E-state index contributed by atoms with van der Waals surface area (Å²) in [5.74, 6) is -14.9. The second-order valence-corrected chi connectivity index (χ2v) is 13.3. The molecule has 11 heteroatoms. The lowest BCUT2D eigenvalue weighted by molar-refractivity contribution is -0.141. The summed E-state index contributed by atoms with van der Waals surface area (Å²) in [6.07, 6.45) is 4.86. The van der Waals surface area contributed by atoms with Crippen LogP contribution < -0.4 is 9.47 Å². The molecule has 1 fully saturated rings. The van der Waals surface area contributed by atoms with Crippen molar-refractivity contribution in [1.82, 2.24) is 0 Å². The van der Waals surface area contributed by atoms with Crippen LogP contribution in [0.2, 0.25) is 0 Å². The lowest BCUT2D eigenvalue weighted by Gasteiger charge is -2.50. The number of carbonyl (C=O) groups excluding carboxylic acids is 1. The SMILES string of the molecule is O=C(Oc1c(F)c(F)c(S(=O)(=O)[O-])c(F)c1F)C1C2c3ccccc3C(c3ccccc32)C1c1ccccc1OC1CCCCC1. The lowest BCUT2D eigenvalue weighted by atomic mass is 9.52. The molecule has 238 valence electrons. The molecule has 2 unspecified atom stereocenters. The number of ether oxygens (including phenoxy) is 2. The highest BCUT2D eigenvalue weighted by Gasteiger charge is 2.54. The van der Waals surface area contributed by atoms with Crippen molar-refractivity contribution in [3.05, 3.63) is 124 Å². The summed E-state index contributed by atoms with van der Waals surface area (Å²) in [6.45, 7) is 0. The normalized spacial score (nSPS) is 22.2. The second kappa shape index (κ2) is 11.5. The van der Waals surface area contributed by atoms with Gasteiger partial charge in [0.1, 0.15) is 20.8 Å². The van der Waals surface area contributed by atoms with Gasteiger partial charge < -0.3 is 14.0 Å². The highest BCUT2D eigenvalue weighted by Crippen LogP contribution is 2.62. The van der Waals surface area contributed by atoms with E-state index in [0.717, 1.165) is 54.4 Å². The van der Waals surface area contributed by atoms with Crippen molar-refractivity contribution in [2.75, 3.05) is 0 Å². The Bertz CT molecular complexity index is 1900. The van der Waals surface area contributed by atoms with Crippen molar-refractivity contribution in [3.63, 3.8) is 0 Å². The third kappa shape index (κ3) is 4.87. The van der Waals surface area contributed by atoms with Crippen molar-refractivity contribution in [3.8, 4) is 11.5 Å². The summed E-state index contributed by atoms with van der Waals surface area (Å²) in [5, 5.41) is 0. The number of esters is 1. The molecule has 2 atom stereocenters. The highest BCUT2D eigenvalue weighted by atomic mass is 32.2. The molecule has 0 N–H and O–H groups in total. The molecule has 0 aromatic heterocycles. The first kappa shape index (κ1) is 30.4. The number of para-hydroxylation sites is 1. The van der Waals surface area contributed by atoms with Gasteiger partial charge in [0, 0.05) is 17.8 Å². The third-order valence-electron chi connectivity index (χ3n) is 9.47. The van der Waals surface area contributed by atoms with Crippen molar-refractivity contribution in [1.29, 1.82) is 0 Å². The lowest BCUT2D eigenvalue weighted by Crippen LogP contribution is -2.44. The number of halogens is 4. The molecule has 0 saturated heterocycles. The van der Waals surface area contributed by atoms with Crippen LogP contribution in [0.3, 0.4) is 0 Å². The first-order valence-corrected chi connectivity index (χ1v) is 16.5. The molecular weight excluding hydrogens is 624 g/mol. The zero-order chi connectivity index (χ0) is 32.3. The van der Waals surface area contributed by atoms with E-state index >= 15 is 8.78 Å². The fourth-order valence-electron chi connectivity index (χ4n) is 7.63. The molecule has 0 heterocycles. The molecule has 4 aliphatic carbocycles. The maximum Gasteiger partial charge on any atom is 0.316 e. The summed E-state index contributed by atoms with van der Waals surface area (Å²) in [7, 11) is -5.95. The van der Waals surface area contributed by atoms with E-state index in [1.54, 1.807) is 6.07 Å². The zero-order valence-corrected chi connectivity index (χ0v) is 25.0. The van der Waals surface area contributed by atoms with Crippen molar-refractivity contribution < 1.29 is 44.8 Å². The van der Waals surface area contributed by atoms with Crippen LogP contribution in [0.4, 0.5) is 17.6 Å². The number of hydrogen-bond donors (Lipinski definition) is 0. The topological polar surface area (TPSA) is 92.7 Å². The highest BCUT2D eigenvalue weighted by molar-refractivity contribution is 7.85. The zero-order valence-electron chi connectivity index (χ0n) is 24.2. The molecule has 0 spiro atoms. The second-order valence-electron chi connectivity index (χ2n) is 12.0. The molecule has 0 aliphatic heterocycles. The fourth-order valence-corrected chi connectivity index (χ4v) is 8.25. The van der Waals surface area contributed by atoms with E-state index in [2.05, 4.69) is 0 Å². The maximum atomic E-state index is 15.1. The molecule has 2 bridgehead atoms. The molecule has 4 aromatic carbocycles. The van der Waals surface area contributed by atoms with E-state index in [1.807, 2.05) is 66.7 Å². The molecule has 8 rings (SSSR count). The van der Waals surface area contributed by atoms with Crippen LogP contribution in [0.5, 0.6) is 11.5 Å². The smallest absolute Gasteiger partial charge is 0.316 e. The Morgan fingerprint density at radius 3 is 1.67 bits per heavy atom. The molecule has 1 saturated carbocycles. The summed E-state index contributed by atoms with van der Waals surface area (Å²) in [4.78, 5) is 11.9. The predicted molar refractivity (Wildman–Crippen MR) is 157 cm³/mol. The molecule has 46 heavy (non-hydrogen) atoms. The van der Waals surface area contributed by atoms with Gasteiger partial charge in [-0.1, -0.05) is 73.2 Å². The molecule has 0 amide bonds. The van der Waals surface area contributed by atoms with E-state index < -0.39 is 73.7 Å². The van der Waals surface area contributed by atoms with Crippen molar-refractivity contribution in [2.24, 2.45) is 5.92 Å². The minimum atomic E-state index is -5.95. The Hall–Kier alpha value is -4.22. The van der Waals surface area contributed by atoms with Crippen LogP contribution in [-0.4, -0.2) is 25.0 Å². The summed E-state index contributed by atoms with van der Waals surface area (Å²) >= 11 is 0. The summed E-state index contributed by atoms with van der Waals surface area (Å²) in [6, 6.07) is 22.3. The van der Waals surface area contributed by atoms with Crippen LogP contribution in [0, 0.1) is 29.2 Å². The molecule has 6 nitrogen and oxygen atoms in total. The van der Waals surface area contributed by atoms with Gasteiger partial charge >= 0.3 is 5.97 Å². The van der Waals surface area contributed by atoms with Crippen LogP contribution >= 0.6 is 0 Å². The quantitative estimate of drug-likeness (QED) is 0.0707. The first-order chi connectivity index (χ1) is 22.1. The van der Waals surface area contributed by atoms with Gasteiger partial charge in [0.05, 0.1) is 12.0 Å². The standard InChI is InChI=1S/C35H28F4O6S/c36-29-31(38)34(46(41,42)43)32(39)30(37)33(29)45-35(40)28-26-21-14-6-4-12-19(21)25(20-13-5-7-15-22(20)26)27(28)23-16-8-9-17-24(23)44-18-10-2-1-3-11-18/h4-9,12-18,25-28H,1-3,10-11H2,(H,41,42,43)/p-1. The van der Waals surface area contributed by atoms with E-state index in [0.29, 0.717) is 11.3 Å². The van der Waals surface area contributed by atoms with Gasteiger partial charge in [-0.15, -0.1) is 0 Å². The fraction of sp³-hybridized carbons (Fsp3) is 0.286. The number of rotatable bonds is 6. The first-order valence-electron chi connectivity index (χ1n) is 15.0. The Morgan fingerprint density at radius 1 is 0.674 bits per heavy atom. The Kier molecular flexibility index (Phi) is 7.64. The largest absolute Gasteiger partial charge is 0.744 e. The maximum absolute atomic E-state index is 15.1. The predicted octanol–water partition coefficient (Wildman–Crippen LogP) is 7.46. The van der Waals surface area contributed by atoms with Crippen LogP contribution in [-0.2, 0) is 14.9 Å². The van der Waals surface area contributed by atoms with Gasteiger partial charge in [-0.25, -0.2) is 17.2 Å². The van der Waals surface area contributed by atoms with Gasteiger partial charge in [0.2, 0.25) is 17.4 Å². The average Bonchev–Trinajstić information content (AvgIpc) is 3.05.